The fraction of sp³-hybridized carbons (Fsp3) is 0.600. The van der Waals surface area contributed by atoms with Gasteiger partial charge in [0.15, 0.2) is 0 Å². The molecule has 0 aliphatic heterocycles. The second kappa shape index (κ2) is 6.95. The number of rotatable bonds is 6. The van der Waals surface area contributed by atoms with Crippen molar-refractivity contribution in [2.75, 3.05) is 17.6 Å². The van der Waals surface area contributed by atoms with Crippen LogP contribution >= 0.6 is 11.6 Å². The molecule has 0 fully saturated rings. The molecule has 1 heterocycles. The second-order valence-electron chi connectivity index (χ2n) is 3.84. The van der Waals surface area contributed by atoms with Crippen LogP contribution in [-0.2, 0) is 4.79 Å². The SMILES string of the molecule is CCC(C)NC(=O)CCNc1nc(N)nc(Cl)n1. The summed E-state index contributed by atoms with van der Waals surface area (Å²) in [6, 6.07) is 0.180. The van der Waals surface area contributed by atoms with Gasteiger partial charge in [-0.3, -0.25) is 4.79 Å². The molecule has 0 bridgehead atoms. The Kier molecular flexibility index (Phi) is 5.57. The maximum atomic E-state index is 11.5. The van der Waals surface area contributed by atoms with Crippen molar-refractivity contribution >= 4 is 29.4 Å². The van der Waals surface area contributed by atoms with Gasteiger partial charge < -0.3 is 16.4 Å². The lowest BCUT2D eigenvalue weighted by atomic mass is 10.2. The van der Waals surface area contributed by atoms with E-state index in [9.17, 15) is 4.79 Å². The molecular weight excluding hydrogens is 256 g/mol. The molecule has 100 valence electrons. The van der Waals surface area contributed by atoms with Gasteiger partial charge in [0.25, 0.3) is 0 Å². The minimum Gasteiger partial charge on any atom is -0.368 e. The number of aromatic nitrogens is 3. The summed E-state index contributed by atoms with van der Waals surface area (Å²) in [5.41, 5.74) is 5.41. The summed E-state index contributed by atoms with van der Waals surface area (Å²) >= 11 is 5.62. The summed E-state index contributed by atoms with van der Waals surface area (Å²) in [6.45, 7) is 4.37. The molecule has 1 aromatic rings. The van der Waals surface area contributed by atoms with Crippen LogP contribution in [0.1, 0.15) is 26.7 Å². The molecule has 1 unspecified atom stereocenters. The minimum atomic E-state index is -0.0232. The topological polar surface area (TPSA) is 106 Å². The third kappa shape index (κ3) is 5.13. The number of anilines is 2. The first-order valence-corrected chi connectivity index (χ1v) is 6.09. The number of nitrogens with two attached hydrogens (primary N) is 1. The molecule has 1 rings (SSSR count). The summed E-state index contributed by atoms with van der Waals surface area (Å²) in [7, 11) is 0. The van der Waals surface area contributed by atoms with Crippen LogP contribution in [0.3, 0.4) is 0 Å². The number of nitrogen functional groups attached to an aromatic ring is 1. The van der Waals surface area contributed by atoms with Crippen molar-refractivity contribution in [3.63, 3.8) is 0 Å². The van der Waals surface area contributed by atoms with Crippen molar-refractivity contribution in [1.29, 1.82) is 0 Å². The largest absolute Gasteiger partial charge is 0.368 e. The molecule has 8 heteroatoms. The zero-order chi connectivity index (χ0) is 13.5. The van der Waals surface area contributed by atoms with Crippen molar-refractivity contribution in [3.8, 4) is 0 Å². The highest BCUT2D eigenvalue weighted by Gasteiger charge is 2.06. The fourth-order valence-corrected chi connectivity index (χ4v) is 1.35. The van der Waals surface area contributed by atoms with E-state index in [-0.39, 0.29) is 29.1 Å². The number of carbonyl (C=O) groups excluding carboxylic acids is 1. The quantitative estimate of drug-likeness (QED) is 0.708. The summed E-state index contributed by atoms with van der Waals surface area (Å²) in [4.78, 5) is 22.8. The fourth-order valence-electron chi connectivity index (χ4n) is 1.18. The maximum Gasteiger partial charge on any atom is 0.228 e. The Morgan fingerprint density at radius 2 is 2.17 bits per heavy atom. The molecule has 7 nitrogen and oxygen atoms in total. The Balaban J connectivity index is 2.35. The first-order chi connectivity index (χ1) is 8.51. The lowest BCUT2D eigenvalue weighted by Crippen LogP contribution is -2.33. The lowest BCUT2D eigenvalue weighted by molar-refractivity contribution is -0.121. The van der Waals surface area contributed by atoms with Crippen LogP contribution in [0.25, 0.3) is 0 Å². The minimum absolute atomic E-state index is 0.0223. The average Bonchev–Trinajstić information content (AvgIpc) is 2.27. The van der Waals surface area contributed by atoms with Gasteiger partial charge in [0.05, 0.1) is 0 Å². The van der Waals surface area contributed by atoms with Gasteiger partial charge >= 0.3 is 0 Å². The molecule has 4 N–H and O–H groups in total. The average molecular weight is 273 g/mol. The predicted octanol–water partition coefficient (Wildman–Crippen LogP) is 0.824. The number of nitrogens with zero attached hydrogens (tertiary/aromatic N) is 3. The molecule has 0 aliphatic carbocycles. The molecule has 1 amide bonds. The number of halogens is 1. The molecule has 1 atom stereocenters. The third-order valence-electron chi connectivity index (χ3n) is 2.28. The Morgan fingerprint density at radius 3 is 2.78 bits per heavy atom. The van der Waals surface area contributed by atoms with E-state index in [4.69, 9.17) is 17.3 Å². The summed E-state index contributed by atoms with van der Waals surface area (Å²) in [5.74, 6) is 0.287. The monoisotopic (exact) mass is 272 g/mol. The standard InChI is InChI=1S/C10H17ClN6O/c1-3-6(2)14-7(18)4-5-13-10-16-8(11)15-9(12)17-10/h6H,3-5H2,1-2H3,(H,14,18)(H3,12,13,15,16,17). The molecular formula is C10H17ClN6O. The Labute approximate surface area is 111 Å². The van der Waals surface area contributed by atoms with Gasteiger partial charge in [-0.1, -0.05) is 6.92 Å². The summed E-state index contributed by atoms with van der Waals surface area (Å²) in [5, 5.41) is 5.74. The van der Waals surface area contributed by atoms with E-state index in [1.165, 1.54) is 0 Å². The van der Waals surface area contributed by atoms with Crippen LogP contribution in [0.15, 0.2) is 0 Å². The molecule has 0 saturated heterocycles. The van der Waals surface area contributed by atoms with Crippen LogP contribution in [0.4, 0.5) is 11.9 Å². The highest BCUT2D eigenvalue weighted by atomic mass is 35.5. The highest BCUT2D eigenvalue weighted by molar-refractivity contribution is 6.28. The van der Waals surface area contributed by atoms with E-state index in [1.807, 2.05) is 13.8 Å². The Bertz CT molecular complexity index is 393. The number of hydrogen-bond donors (Lipinski definition) is 3. The van der Waals surface area contributed by atoms with Crippen molar-refractivity contribution in [2.24, 2.45) is 0 Å². The van der Waals surface area contributed by atoms with Gasteiger partial charge in [-0.2, -0.15) is 15.0 Å². The number of amides is 1. The molecule has 1 aromatic heterocycles. The first kappa shape index (κ1) is 14.4. The van der Waals surface area contributed by atoms with Gasteiger partial charge in [-0.25, -0.2) is 0 Å². The summed E-state index contributed by atoms with van der Waals surface area (Å²) in [6.07, 6.45) is 1.23. The molecule has 18 heavy (non-hydrogen) atoms. The number of hydrogen-bond acceptors (Lipinski definition) is 6. The van der Waals surface area contributed by atoms with E-state index in [0.717, 1.165) is 6.42 Å². The number of nitrogens with one attached hydrogen (secondary N) is 2. The van der Waals surface area contributed by atoms with Gasteiger partial charge in [0, 0.05) is 19.0 Å². The second-order valence-corrected chi connectivity index (χ2v) is 4.18. The lowest BCUT2D eigenvalue weighted by Gasteiger charge is -2.11. The van der Waals surface area contributed by atoms with Crippen molar-refractivity contribution in [3.05, 3.63) is 5.28 Å². The summed E-state index contributed by atoms with van der Waals surface area (Å²) < 4.78 is 0. The molecule has 0 radical (unpaired) electrons. The maximum absolute atomic E-state index is 11.5. The zero-order valence-corrected chi connectivity index (χ0v) is 11.2. The van der Waals surface area contributed by atoms with Crippen molar-refractivity contribution in [2.45, 2.75) is 32.7 Å². The third-order valence-corrected chi connectivity index (χ3v) is 2.45. The van der Waals surface area contributed by atoms with E-state index in [2.05, 4.69) is 25.6 Å². The first-order valence-electron chi connectivity index (χ1n) is 5.71. The van der Waals surface area contributed by atoms with Crippen LogP contribution in [0.5, 0.6) is 0 Å². The zero-order valence-electron chi connectivity index (χ0n) is 10.4. The van der Waals surface area contributed by atoms with Crippen LogP contribution in [-0.4, -0.2) is 33.4 Å². The smallest absolute Gasteiger partial charge is 0.228 e. The van der Waals surface area contributed by atoms with E-state index in [0.29, 0.717) is 13.0 Å². The van der Waals surface area contributed by atoms with E-state index >= 15 is 0 Å². The van der Waals surface area contributed by atoms with Crippen LogP contribution in [0, 0.1) is 0 Å². The molecule has 0 spiro atoms. The number of carbonyl (C=O) groups is 1. The Hall–Kier alpha value is -1.63. The van der Waals surface area contributed by atoms with E-state index in [1.54, 1.807) is 0 Å². The Morgan fingerprint density at radius 1 is 1.44 bits per heavy atom. The van der Waals surface area contributed by atoms with Gasteiger partial charge in [0.2, 0.25) is 23.1 Å². The van der Waals surface area contributed by atoms with Gasteiger partial charge in [-0.15, -0.1) is 0 Å². The molecule has 0 aliphatic rings. The normalized spacial score (nSPS) is 11.9. The molecule has 0 saturated carbocycles. The van der Waals surface area contributed by atoms with Crippen LogP contribution in [0.2, 0.25) is 5.28 Å². The molecule has 0 aromatic carbocycles. The van der Waals surface area contributed by atoms with Gasteiger partial charge in [-0.05, 0) is 24.9 Å². The highest BCUT2D eigenvalue weighted by Crippen LogP contribution is 2.06. The van der Waals surface area contributed by atoms with Crippen LogP contribution < -0.4 is 16.4 Å². The predicted molar refractivity (Wildman–Crippen MR) is 70.3 cm³/mol. The van der Waals surface area contributed by atoms with Crippen molar-refractivity contribution < 1.29 is 4.79 Å². The van der Waals surface area contributed by atoms with Crippen molar-refractivity contribution in [1.82, 2.24) is 20.3 Å². The van der Waals surface area contributed by atoms with E-state index < -0.39 is 0 Å². The van der Waals surface area contributed by atoms with Gasteiger partial charge in [0.1, 0.15) is 0 Å².